The first-order chi connectivity index (χ1) is 16.8. The number of nitrogens with one attached hydrogen (secondary N) is 1. The Bertz CT molecular complexity index is 1120. The number of nitrogens with zero attached hydrogens (tertiary/aromatic N) is 4. The van der Waals surface area contributed by atoms with Crippen molar-refractivity contribution in [2.75, 3.05) is 36.1 Å². The fourth-order valence-corrected chi connectivity index (χ4v) is 6.00. The number of pyridine rings is 1. The summed E-state index contributed by atoms with van der Waals surface area (Å²) in [5.74, 6) is 0. The molecule has 1 saturated carbocycles. The predicted octanol–water partition coefficient (Wildman–Crippen LogP) is 5.01. The quantitative estimate of drug-likeness (QED) is 0.526. The Morgan fingerprint density at radius 2 is 1.71 bits per heavy atom. The van der Waals surface area contributed by atoms with Crippen LogP contribution < -0.4 is 15.1 Å². The van der Waals surface area contributed by atoms with Crippen LogP contribution in [0.25, 0.3) is 0 Å². The molecular formula is C27H31N5OS. The maximum atomic E-state index is 5.90. The molecule has 34 heavy (non-hydrogen) atoms. The average molecular weight is 474 g/mol. The molecule has 0 bridgehead atoms. The van der Waals surface area contributed by atoms with E-state index in [1.807, 2.05) is 18.3 Å². The summed E-state index contributed by atoms with van der Waals surface area (Å²) in [6.07, 6.45) is 11.6. The molecule has 2 atom stereocenters. The first kappa shape index (κ1) is 21.6. The van der Waals surface area contributed by atoms with Gasteiger partial charge in [-0.05, 0) is 73.1 Å². The molecule has 6 rings (SSSR count). The lowest BCUT2D eigenvalue weighted by molar-refractivity contribution is 0.122. The van der Waals surface area contributed by atoms with E-state index in [1.54, 1.807) is 0 Å². The molecule has 6 nitrogen and oxygen atoms in total. The highest BCUT2D eigenvalue weighted by Gasteiger charge is 2.41. The summed E-state index contributed by atoms with van der Waals surface area (Å²) in [4.78, 5) is 9.33. The van der Waals surface area contributed by atoms with E-state index in [0.29, 0.717) is 6.04 Å². The SMILES string of the molecule is S=C1NC(c2ccccn2)C(c2ccn(C3CCCC3)c2)N1c1ccc(N2CCOCC2)cc1. The van der Waals surface area contributed by atoms with Gasteiger partial charge in [0.2, 0.25) is 0 Å². The fourth-order valence-electron chi connectivity index (χ4n) is 5.65. The zero-order chi connectivity index (χ0) is 22.9. The van der Waals surface area contributed by atoms with Gasteiger partial charge in [0, 0.05) is 49.1 Å². The second-order valence-electron chi connectivity index (χ2n) is 9.44. The van der Waals surface area contributed by atoms with Crippen molar-refractivity contribution in [3.05, 3.63) is 78.4 Å². The molecule has 2 aliphatic heterocycles. The molecule has 3 aliphatic rings. The summed E-state index contributed by atoms with van der Waals surface area (Å²) in [5, 5.41) is 4.33. The van der Waals surface area contributed by atoms with Gasteiger partial charge < -0.3 is 24.4 Å². The van der Waals surface area contributed by atoms with E-state index < -0.39 is 0 Å². The number of rotatable bonds is 5. The molecule has 0 spiro atoms. The molecule has 2 unspecified atom stereocenters. The van der Waals surface area contributed by atoms with Crippen molar-refractivity contribution in [1.82, 2.24) is 14.9 Å². The molecule has 0 amide bonds. The van der Waals surface area contributed by atoms with E-state index in [0.717, 1.165) is 42.8 Å². The molecule has 2 saturated heterocycles. The second-order valence-corrected chi connectivity index (χ2v) is 9.83. The summed E-state index contributed by atoms with van der Waals surface area (Å²) >= 11 is 5.90. The van der Waals surface area contributed by atoms with Gasteiger partial charge in [-0.15, -0.1) is 0 Å². The third-order valence-corrected chi connectivity index (χ3v) is 7.74. The molecule has 1 aromatic carbocycles. The minimum absolute atomic E-state index is 0.00736. The Morgan fingerprint density at radius 1 is 0.941 bits per heavy atom. The van der Waals surface area contributed by atoms with Gasteiger partial charge in [-0.2, -0.15) is 0 Å². The van der Waals surface area contributed by atoms with E-state index in [9.17, 15) is 0 Å². The van der Waals surface area contributed by atoms with E-state index in [2.05, 4.69) is 73.5 Å². The third kappa shape index (κ3) is 4.07. The fraction of sp³-hybridized carbons (Fsp3) is 0.407. The van der Waals surface area contributed by atoms with Crippen LogP contribution in [0, 0.1) is 0 Å². The van der Waals surface area contributed by atoms with Crippen molar-refractivity contribution in [3.63, 3.8) is 0 Å². The van der Waals surface area contributed by atoms with E-state index in [4.69, 9.17) is 17.0 Å². The van der Waals surface area contributed by atoms with Crippen molar-refractivity contribution in [1.29, 1.82) is 0 Å². The molecule has 7 heteroatoms. The van der Waals surface area contributed by atoms with Gasteiger partial charge in [0.1, 0.15) is 0 Å². The monoisotopic (exact) mass is 473 g/mol. The summed E-state index contributed by atoms with van der Waals surface area (Å²) < 4.78 is 7.93. The molecule has 1 N–H and O–H groups in total. The maximum absolute atomic E-state index is 5.90. The Balaban J connectivity index is 1.34. The number of hydrogen-bond acceptors (Lipinski definition) is 4. The predicted molar refractivity (Wildman–Crippen MR) is 139 cm³/mol. The first-order valence-corrected chi connectivity index (χ1v) is 12.8. The van der Waals surface area contributed by atoms with Crippen molar-refractivity contribution < 1.29 is 4.74 Å². The van der Waals surface area contributed by atoms with Gasteiger partial charge in [-0.1, -0.05) is 18.9 Å². The van der Waals surface area contributed by atoms with Gasteiger partial charge in [-0.25, -0.2) is 0 Å². The highest BCUT2D eigenvalue weighted by Crippen LogP contribution is 2.42. The number of ether oxygens (including phenoxy) is 1. The summed E-state index contributed by atoms with van der Waals surface area (Å²) in [6.45, 7) is 3.44. The van der Waals surface area contributed by atoms with Crippen LogP contribution in [-0.4, -0.2) is 41.0 Å². The lowest BCUT2D eigenvalue weighted by Gasteiger charge is -2.30. The maximum Gasteiger partial charge on any atom is 0.174 e. The number of benzene rings is 1. The second kappa shape index (κ2) is 9.39. The number of aromatic nitrogens is 2. The largest absolute Gasteiger partial charge is 0.378 e. The van der Waals surface area contributed by atoms with Crippen molar-refractivity contribution in [3.8, 4) is 0 Å². The molecule has 4 heterocycles. The Morgan fingerprint density at radius 3 is 2.44 bits per heavy atom. The minimum Gasteiger partial charge on any atom is -0.378 e. The number of hydrogen-bond donors (Lipinski definition) is 1. The van der Waals surface area contributed by atoms with Crippen LogP contribution in [0.5, 0.6) is 0 Å². The summed E-state index contributed by atoms with van der Waals surface area (Å²) in [5.41, 5.74) is 4.62. The van der Waals surface area contributed by atoms with Crippen LogP contribution >= 0.6 is 12.2 Å². The van der Waals surface area contributed by atoms with Crippen LogP contribution in [0.1, 0.15) is 55.1 Å². The zero-order valence-electron chi connectivity index (χ0n) is 19.3. The van der Waals surface area contributed by atoms with Crippen LogP contribution in [0.2, 0.25) is 0 Å². The van der Waals surface area contributed by atoms with Crippen LogP contribution in [0.15, 0.2) is 67.1 Å². The van der Waals surface area contributed by atoms with E-state index in [1.165, 1.54) is 36.9 Å². The summed E-state index contributed by atoms with van der Waals surface area (Å²) in [7, 11) is 0. The molecule has 3 fully saturated rings. The first-order valence-electron chi connectivity index (χ1n) is 12.4. The van der Waals surface area contributed by atoms with Crippen molar-refractivity contribution >= 4 is 28.7 Å². The van der Waals surface area contributed by atoms with Crippen molar-refractivity contribution in [2.24, 2.45) is 0 Å². The van der Waals surface area contributed by atoms with Gasteiger partial charge in [0.05, 0.1) is 31.0 Å². The standard InChI is InChI=1S/C27H31N5OS/c34-27-29-25(24-7-3-4-13-28-24)26(20-12-14-31(19-20)21-5-1-2-6-21)32(27)23-10-8-22(9-11-23)30-15-17-33-18-16-30/h3-4,7-14,19,21,25-26H,1-2,5-6,15-18H2,(H,29,34). The topological polar surface area (TPSA) is 45.6 Å². The van der Waals surface area contributed by atoms with Crippen LogP contribution in [-0.2, 0) is 4.74 Å². The zero-order valence-corrected chi connectivity index (χ0v) is 20.2. The normalized spacial score (nSPS) is 23.5. The van der Waals surface area contributed by atoms with E-state index >= 15 is 0 Å². The average Bonchev–Trinajstić information content (AvgIpc) is 3.65. The lowest BCUT2D eigenvalue weighted by Crippen LogP contribution is -2.36. The lowest BCUT2D eigenvalue weighted by atomic mass is 9.98. The summed E-state index contributed by atoms with van der Waals surface area (Å²) in [6, 6.07) is 17.8. The molecule has 3 aromatic rings. The Hall–Kier alpha value is -2.90. The van der Waals surface area contributed by atoms with Gasteiger partial charge in [-0.3, -0.25) is 4.98 Å². The smallest absolute Gasteiger partial charge is 0.174 e. The van der Waals surface area contributed by atoms with Gasteiger partial charge >= 0.3 is 0 Å². The third-order valence-electron chi connectivity index (χ3n) is 7.43. The van der Waals surface area contributed by atoms with Gasteiger partial charge in [0.25, 0.3) is 0 Å². The number of anilines is 2. The highest BCUT2D eigenvalue weighted by molar-refractivity contribution is 7.80. The molecule has 0 radical (unpaired) electrons. The van der Waals surface area contributed by atoms with E-state index in [-0.39, 0.29) is 12.1 Å². The number of thiocarbonyl (C=S) groups is 1. The van der Waals surface area contributed by atoms with Crippen molar-refractivity contribution in [2.45, 2.75) is 43.8 Å². The Labute approximate surface area is 206 Å². The minimum atomic E-state index is -0.00736. The molecule has 176 valence electrons. The molecular weight excluding hydrogens is 442 g/mol. The van der Waals surface area contributed by atoms with Crippen LogP contribution in [0.3, 0.4) is 0 Å². The molecule has 1 aliphatic carbocycles. The molecule has 2 aromatic heterocycles. The van der Waals surface area contributed by atoms with Crippen LogP contribution in [0.4, 0.5) is 11.4 Å². The Kier molecular flexibility index (Phi) is 5.97. The van der Waals surface area contributed by atoms with Gasteiger partial charge in [0.15, 0.2) is 5.11 Å². The highest BCUT2D eigenvalue weighted by atomic mass is 32.1. The number of morpholine rings is 1.